The van der Waals surface area contributed by atoms with Crippen molar-refractivity contribution in [3.05, 3.63) is 131 Å². The van der Waals surface area contributed by atoms with Crippen molar-refractivity contribution in [2.24, 2.45) is 0 Å². The van der Waals surface area contributed by atoms with Crippen LogP contribution in [-0.2, 0) is 14.3 Å². The lowest BCUT2D eigenvalue weighted by Crippen LogP contribution is -2.30. The summed E-state index contributed by atoms with van der Waals surface area (Å²) >= 11 is 1.31. The number of nitrogens with one attached hydrogen (secondary N) is 3. The molecule has 0 aliphatic heterocycles. The van der Waals surface area contributed by atoms with E-state index in [1.54, 1.807) is 72.8 Å². The van der Waals surface area contributed by atoms with Crippen molar-refractivity contribution in [3.8, 4) is 0 Å². The van der Waals surface area contributed by atoms with Crippen LogP contribution < -0.4 is 16.0 Å². The normalized spacial score (nSPS) is 10.9. The van der Waals surface area contributed by atoms with Gasteiger partial charge in [-0.2, -0.15) is 0 Å². The predicted octanol–water partition coefficient (Wildman–Crippen LogP) is 7.09. The van der Waals surface area contributed by atoms with Crippen LogP contribution in [0, 0.1) is 6.92 Å². The van der Waals surface area contributed by atoms with Gasteiger partial charge in [0.15, 0.2) is 0 Å². The minimum Gasteiger partial charge on any atom is -0.462 e. The molecule has 0 fully saturated rings. The highest BCUT2D eigenvalue weighted by atomic mass is 32.2. The third-order valence-electron chi connectivity index (χ3n) is 6.61. The van der Waals surface area contributed by atoms with Crippen LogP contribution in [0.4, 0.5) is 11.4 Å². The molecule has 230 valence electrons. The van der Waals surface area contributed by atoms with E-state index in [2.05, 4.69) is 16.0 Å². The van der Waals surface area contributed by atoms with E-state index in [1.807, 2.05) is 50.2 Å². The van der Waals surface area contributed by atoms with Crippen LogP contribution >= 0.6 is 11.8 Å². The maximum absolute atomic E-state index is 13.4. The van der Waals surface area contributed by atoms with Crippen molar-refractivity contribution in [1.82, 2.24) is 5.32 Å². The summed E-state index contributed by atoms with van der Waals surface area (Å²) < 4.78 is 5.21. The second-order valence-electron chi connectivity index (χ2n) is 10.1. The minimum absolute atomic E-state index is 0.0934. The smallest absolute Gasteiger partial charge is 0.338 e. The summed E-state index contributed by atoms with van der Waals surface area (Å²) in [4.78, 5) is 51.8. The maximum Gasteiger partial charge on any atom is 0.338 e. The standard InChI is InChI=1S/C36H35N3O5S/c1-3-4-21-44-36(43)27-17-19-29(20-18-27)37-33(40)24-45-31-16-10-15-30(23-31)38-35(42)32(22-28-14-9-8-11-25(28)2)39-34(41)26-12-6-5-7-13-26/h5-20,22-23H,3-4,21,24H2,1-2H3,(H,37,40)(H,38,42)(H,39,41)/b32-22-. The molecule has 0 unspecified atom stereocenters. The summed E-state index contributed by atoms with van der Waals surface area (Å²) in [5.74, 6) is -1.37. The molecule has 0 aliphatic carbocycles. The Labute approximate surface area is 267 Å². The average Bonchev–Trinajstić information content (AvgIpc) is 3.05. The maximum atomic E-state index is 13.4. The number of esters is 1. The molecule has 4 aromatic carbocycles. The molecule has 9 heteroatoms. The van der Waals surface area contributed by atoms with Crippen LogP contribution in [0.25, 0.3) is 6.08 Å². The number of anilines is 2. The Morgan fingerprint density at radius 1 is 0.778 bits per heavy atom. The number of carbonyl (C=O) groups excluding carboxylic acids is 4. The van der Waals surface area contributed by atoms with Crippen molar-refractivity contribution < 1.29 is 23.9 Å². The van der Waals surface area contributed by atoms with E-state index in [0.717, 1.165) is 28.9 Å². The Balaban J connectivity index is 1.37. The molecule has 0 saturated heterocycles. The quantitative estimate of drug-likeness (QED) is 0.0636. The van der Waals surface area contributed by atoms with Gasteiger partial charge in [0, 0.05) is 21.8 Å². The van der Waals surface area contributed by atoms with E-state index in [1.165, 1.54) is 11.8 Å². The van der Waals surface area contributed by atoms with Crippen LogP contribution in [0.1, 0.15) is 51.6 Å². The van der Waals surface area contributed by atoms with Crippen LogP contribution in [0.3, 0.4) is 0 Å². The predicted molar refractivity (Wildman–Crippen MR) is 179 cm³/mol. The van der Waals surface area contributed by atoms with E-state index in [0.29, 0.717) is 29.1 Å². The molecular weight excluding hydrogens is 586 g/mol. The lowest BCUT2D eigenvalue weighted by atomic mass is 10.1. The van der Waals surface area contributed by atoms with E-state index in [-0.39, 0.29) is 23.3 Å². The Bertz CT molecular complexity index is 1670. The fourth-order valence-electron chi connectivity index (χ4n) is 4.14. The molecule has 0 bridgehead atoms. The van der Waals surface area contributed by atoms with Gasteiger partial charge in [0.1, 0.15) is 5.70 Å². The Hall–Kier alpha value is -5.15. The second-order valence-corrected chi connectivity index (χ2v) is 11.2. The van der Waals surface area contributed by atoms with E-state index in [9.17, 15) is 19.2 Å². The summed E-state index contributed by atoms with van der Waals surface area (Å²) in [6, 6.07) is 29.9. The van der Waals surface area contributed by atoms with E-state index < -0.39 is 11.8 Å². The molecular formula is C36H35N3O5S. The van der Waals surface area contributed by atoms with Gasteiger partial charge in [0.25, 0.3) is 11.8 Å². The number of benzene rings is 4. The summed E-state index contributed by atoms with van der Waals surface area (Å²) in [5.41, 5.74) is 3.78. The Morgan fingerprint density at radius 3 is 2.24 bits per heavy atom. The molecule has 3 N–H and O–H groups in total. The SMILES string of the molecule is CCCCOC(=O)c1ccc(NC(=O)CSc2cccc(NC(=O)/C(=C/c3ccccc3C)NC(=O)c3ccccc3)c2)cc1. The summed E-state index contributed by atoms with van der Waals surface area (Å²) in [5, 5.41) is 8.44. The van der Waals surface area contributed by atoms with E-state index in [4.69, 9.17) is 4.74 Å². The van der Waals surface area contributed by atoms with E-state index >= 15 is 0 Å². The highest BCUT2D eigenvalue weighted by Crippen LogP contribution is 2.23. The van der Waals surface area contributed by atoms with Gasteiger partial charge in [0.2, 0.25) is 5.91 Å². The van der Waals surface area contributed by atoms with Crippen LogP contribution in [-0.4, -0.2) is 36.1 Å². The average molecular weight is 622 g/mol. The summed E-state index contributed by atoms with van der Waals surface area (Å²) in [6.45, 7) is 4.33. The minimum atomic E-state index is -0.486. The van der Waals surface area contributed by atoms with Gasteiger partial charge in [-0.05, 0) is 85.1 Å². The number of unbranched alkanes of at least 4 members (excludes halogenated alkanes) is 1. The van der Waals surface area contributed by atoms with Crippen molar-refractivity contribution in [3.63, 3.8) is 0 Å². The summed E-state index contributed by atoms with van der Waals surface area (Å²) in [6.07, 6.45) is 3.40. The summed E-state index contributed by atoms with van der Waals surface area (Å²) in [7, 11) is 0. The lowest BCUT2D eigenvalue weighted by Gasteiger charge is -2.13. The molecule has 0 atom stereocenters. The zero-order valence-electron chi connectivity index (χ0n) is 25.2. The monoisotopic (exact) mass is 621 g/mol. The highest BCUT2D eigenvalue weighted by Gasteiger charge is 2.16. The Kier molecular flexibility index (Phi) is 12.1. The van der Waals surface area contributed by atoms with Crippen LogP contribution in [0.2, 0.25) is 0 Å². The van der Waals surface area contributed by atoms with Crippen LogP contribution in [0.15, 0.2) is 114 Å². The number of aryl methyl sites for hydroxylation is 1. The first-order valence-corrected chi connectivity index (χ1v) is 15.6. The number of carbonyl (C=O) groups is 4. The first-order chi connectivity index (χ1) is 21.8. The fraction of sp³-hybridized carbons (Fsp3) is 0.167. The van der Waals surface area contributed by atoms with Gasteiger partial charge in [-0.1, -0.05) is 61.9 Å². The third-order valence-corrected chi connectivity index (χ3v) is 7.61. The molecule has 4 aromatic rings. The first-order valence-electron chi connectivity index (χ1n) is 14.6. The van der Waals surface area contributed by atoms with Crippen molar-refractivity contribution >= 4 is 52.9 Å². The van der Waals surface area contributed by atoms with Crippen molar-refractivity contribution in [2.75, 3.05) is 23.0 Å². The molecule has 4 rings (SSSR count). The van der Waals surface area contributed by atoms with Gasteiger partial charge >= 0.3 is 5.97 Å². The van der Waals surface area contributed by atoms with Gasteiger partial charge in [-0.3, -0.25) is 14.4 Å². The topological polar surface area (TPSA) is 114 Å². The number of rotatable bonds is 13. The molecule has 0 spiro atoms. The molecule has 3 amide bonds. The number of thioether (sulfide) groups is 1. The fourth-order valence-corrected chi connectivity index (χ4v) is 4.89. The van der Waals surface area contributed by atoms with Crippen LogP contribution in [0.5, 0.6) is 0 Å². The van der Waals surface area contributed by atoms with Gasteiger partial charge < -0.3 is 20.7 Å². The molecule has 45 heavy (non-hydrogen) atoms. The molecule has 8 nitrogen and oxygen atoms in total. The van der Waals surface area contributed by atoms with Gasteiger partial charge in [0.05, 0.1) is 17.9 Å². The molecule has 0 heterocycles. The zero-order chi connectivity index (χ0) is 32.0. The highest BCUT2D eigenvalue weighted by molar-refractivity contribution is 8.00. The molecule has 0 aromatic heterocycles. The number of amides is 3. The van der Waals surface area contributed by atoms with Gasteiger partial charge in [-0.25, -0.2) is 4.79 Å². The Morgan fingerprint density at radius 2 is 1.51 bits per heavy atom. The molecule has 0 aliphatic rings. The van der Waals surface area contributed by atoms with Gasteiger partial charge in [-0.15, -0.1) is 11.8 Å². The zero-order valence-corrected chi connectivity index (χ0v) is 26.0. The lowest BCUT2D eigenvalue weighted by molar-refractivity contribution is -0.114. The first kappa shape index (κ1) is 32.8. The largest absolute Gasteiger partial charge is 0.462 e. The second kappa shape index (κ2) is 16.6. The number of hydrogen-bond acceptors (Lipinski definition) is 6. The van der Waals surface area contributed by atoms with Crippen molar-refractivity contribution in [1.29, 1.82) is 0 Å². The third kappa shape index (κ3) is 10.2. The molecule has 0 saturated carbocycles. The number of hydrogen-bond donors (Lipinski definition) is 3. The molecule has 0 radical (unpaired) electrons. The van der Waals surface area contributed by atoms with Crippen molar-refractivity contribution in [2.45, 2.75) is 31.6 Å². The number of ether oxygens (including phenoxy) is 1.